The van der Waals surface area contributed by atoms with Crippen LogP contribution in [0.5, 0.6) is 0 Å². The lowest BCUT2D eigenvalue weighted by Crippen LogP contribution is -2.04. The molecule has 0 saturated heterocycles. The molecular weight excluding hydrogens is 275 g/mol. The first kappa shape index (κ1) is 11.0. The standard InChI is InChI=1S/C9H7BrCl2O/c10-9-4-7(11)2-1-6(9)3-8(12)5-13/h1-2,4-5,8H,3H2. The van der Waals surface area contributed by atoms with Gasteiger partial charge in [0.2, 0.25) is 0 Å². The van der Waals surface area contributed by atoms with E-state index < -0.39 is 5.38 Å². The highest BCUT2D eigenvalue weighted by atomic mass is 79.9. The van der Waals surface area contributed by atoms with Gasteiger partial charge in [0.15, 0.2) is 0 Å². The summed E-state index contributed by atoms with van der Waals surface area (Å²) in [5.41, 5.74) is 0.983. The first-order valence-corrected chi connectivity index (χ1v) is 5.27. The van der Waals surface area contributed by atoms with Crippen molar-refractivity contribution in [3.8, 4) is 0 Å². The first-order valence-electron chi connectivity index (χ1n) is 3.67. The number of carbonyl (C=O) groups excluding carboxylic acids is 1. The van der Waals surface area contributed by atoms with Crippen LogP contribution in [0, 0.1) is 0 Å². The van der Waals surface area contributed by atoms with Crippen LogP contribution in [0.25, 0.3) is 0 Å². The Balaban J connectivity index is 2.83. The summed E-state index contributed by atoms with van der Waals surface area (Å²) >= 11 is 14.8. The molecule has 1 atom stereocenters. The third-order valence-electron chi connectivity index (χ3n) is 1.58. The van der Waals surface area contributed by atoms with Crippen LogP contribution in [0.15, 0.2) is 22.7 Å². The molecule has 0 spiro atoms. The molecule has 0 amide bonds. The molecule has 0 fully saturated rings. The third-order valence-corrected chi connectivity index (χ3v) is 2.81. The minimum atomic E-state index is -0.475. The van der Waals surface area contributed by atoms with Gasteiger partial charge >= 0.3 is 0 Å². The second-order valence-electron chi connectivity index (χ2n) is 2.59. The zero-order valence-electron chi connectivity index (χ0n) is 6.64. The molecule has 0 aromatic heterocycles. The third kappa shape index (κ3) is 3.29. The monoisotopic (exact) mass is 280 g/mol. The normalized spacial score (nSPS) is 12.5. The molecule has 0 bridgehead atoms. The Bertz CT molecular complexity index is 314. The van der Waals surface area contributed by atoms with E-state index in [0.717, 1.165) is 16.3 Å². The Labute approximate surface area is 95.2 Å². The van der Waals surface area contributed by atoms with Crippen LogP contribution >= 0.6 is 39.1 Å². The van der Waals surface area contributed by atoms with Crippen LogP contribution in [0.2, 0.25) is 5.02 Å². The molecule has 0 N–H and O–H groups in total. The van der Waals surface area contributed by atoms with Crippen molar-refractivity contribution < 1.29 is 4.79 Å². The molecule has 0 saturated carbocycles. The van der Waals surface area contributed by atoms with Crippen molar-refractivity contribution in [2.45, 2.75) is 11.8 Å². The number of alkyl halides is 1. The van der Waals surface area contributed by atoms with E-state index >= 15 is 0 Å². The van der Waals surface area contributed by atoms with Gasteiger partial charge in [0.25, 0.3) is 0 Å². The van der Waals surface area contributed by atoms with Gasteiger partial charge in [0.05, 0.1) is 5.38 Å². The minimum absolute atomic E-state index is 0.475. The highest BCUT2D eigenvalue weighted by Crippen LogP contribution is 2.23. The lowest BCUT2D eigenvalue weighted by molar-refractivity contribution is -0.107. The van der Waals surface area contributed by atoms with Crippen molar-refractivity contribution in [3.63, 3.8) is 0 Å². The van der Waals surface area contributed by atoms with Gasteiger partial charge in [-0.05, 0) is 24.1 Å². The second-order valence-corrected chi connectivity index (χ2v) is 4.44. The number of hydrogen-bond donors (Lipinski definition) is 0. The van der Waals surface area contributed by atoms with E-state index in [1.54, 1.807) is 12.1 Å². The molecule has 4 heteroatoms. The fraction of sp³-hybridized carbons (Fsp3) is 0.222. The van der Waals surface area contributed by atoms with Gasteiger partial charge in [0, 0.05) is 9.50 Å². The summed E-state index contributed by atoms with van der Waals surface area (Å²) in [6, 6.07) is 5.41. The van der Waals surface area contributed by atoms with Gasteiger partial charge in [-0.3, -0.25) is 0 Å². The van der Waals surface area contributed by atoms with Crippen LogP contribution in [0.3, 0.4) is 0 Å². The van der Waals surface area contributed by atoms with Crippen molar-refractivity contribution in [2.75, 3.05) is 0 Å². The van der Waals surface area contributed by atoms with Gasteiger partial charge < -0.3 is 4.79 Å². The molecule has 0 aliphatic rings. The molecule has 1 aromatic rings. The van der Waals surface area contributed by atoms with E-state index in [0.29, 0.717) is 11.4 Å². The van der Waals surface area contributed by atoms with Crippen LogP contribution < -0.4 is 0 Å². The van der Waals surface area contributed by atoms with Crippen LogP contribution in [-0.2, 0) is 11.2 Å². The molecule has 1 rings (SSSR count). The number of halogens is 3. The maximum absolute atomic E-state index is 10.3. The topological polar surface area (TPSA) is 17.1 Å². The highest BCUT2D eigenvalue weighted by molar-refractivity contribution is 9.10. The largest absolute Gasteiger partial charge is 0.302 e. The van der Waals surface area contributed by atoms with E-state index in [1.807, 2.05) is 6.07 Å². The summed E-state index contributed by atoms with van der Waals surface area (Å²) in [6.45, 7) is 0. The van der Waals surface area contributed by atoms with E-state index in [-0.39, 0.29) is 0 Å². The van der Waals surface area contributed by atoms with Gasteiger partial charge in [-0.25, -0.2) is 0 Å². The number of hydrogen-bond acceptors (Lipinski definition) is 1. The number of rotatable bonds is 3. The molecule has 0 radical (unpaired) electrons. The van der Waals surface area contributed by atoms with Gasteiger partial charge in [0.1, 0.15) is 6.29 Å². The number of aldehydes is 1. The molecule has 13 heavy (non-hydrogen) atoms. The summed E-state index contributed by atoms with van der Waals surface area (Å²) in [4.78, 5) is 10.3. The van der Waals surface area contributed by atoms with Crippen molar-refractivity contribution in [2.24, 2.45) is 0 Å². The summed E-state index contributed by atoms with van der Waals surface area (Å²) in [7, 11) is 0. The average Bonchev–Trinajstić information content (AvgIpc) is 2.09. The van der Waals surface area contributed by atoms with E-state index in [9.17, 15) is 4.79 Å². The number of carbonyl (C=O) groups is 1. The lowest BCUT2D eigenvalue weighted by Gasteiger charge is -2.05. The zero-order chi connectivity index (χ0) is 9.84. The summed E-state index contributed by atoms with van der Waals surface area (Å²) < 4.78 is 0.882. The maximum Gasteiger partial charge on any atom is 0.138 e. The molecular formula is C9H7BrCl2O. The SMILES string of the molecule is O=CC(Cl)Cc1ccc(Cl)cc1Br. The summed E-state index contributed by atoms with van der Waals surface area (Å²) in [5, 5.41) is 0.185. The zero-order valence-corrected chi connectivity index (χ0v) is 9.73. The Morgan fingerprint density at radius 3 is 2.77 bits per heavy atom. The fourth-order valence-corrected chi connectivity index (χ4v) is 1.96. The summed E-state index contributed by atoms with van der Waals surface area (Å²) in [6.07, 6.45) is 1.24. The van der Waals surface area contributed by atoms with Gasteiger partial charge in [-0.1, -0.05) is 33.6 Å². The fourth-order valence-electron chi connectivity index (χ4n) is 0.945. The molecule has 1 unspecified atom stereocenters. The van der Waals surface area contributed by atoms with Gasteiger partial charge in [-0.15, -0.1) is 11.6 Å². The predicted octanol–water partition coefficient (Wildman–Crippen LogP) is 3.45. The molecule has 1 nitrogen and oxygen atoms in total. The maximum atomic E-state index is 10.3. The second kappa shape index (κ2) is 4.99. The van der Waals surface area contributed by atoms with Crippen LogP contribution in [-0.4, -0.2) is 11.7 Å². The minimum Gasteiger partial charge on any atom is -0.302 e. The quantitative estimate of drug-likeness (QED) is 0.613. The predicted molar refractivity (Wildman–Crippen MR) is 58.6 cm³/mol. The Hall–Kier alpha value is -0.0500. The molecule has 0 aliphatic carbocycles. The Kier molecular flexibility index (Phi) is 4.23. The molecule has 1 aromatic carbocycles. The van der Waals surface area contributed by atoms with Gasteiger partial charge in [-0.2, -0.15) is 0 Å². The Morgan fingerprint density at radius 2 is 2.23 bits per heavy atom. The lowest BCUT2D eigenvalue weighted by atomic mass is 10.1. The van der Waals surface area contributed by atoms with Crippen molar-refractivity contribution in [1.82, 2.24) is 0 Å². The average molecular weight is 282 g/mol. The van der Waals surface area contributed by atoms with Crippen molar-refractivity contribution in [3.05, 3.63) is 33.3 Å². The molecule has 0 aliphatic heterocycles. The van der Waals surface area contributed by atoms with E-state index in [4.69, 9.17) is 23.2 Å². The van der Waals surface area contributed by atoms with Crippen molar-refractivity contribution in [1.29, 1.82) is 0 Å². The van der Waals surface area contributed by atoms with Crippen LogP contribution in [0.4, 0.5) is 0 Å². The van der Waals surface area contributed by atoms with E-state index in [2.05, 4.69) is 15.9 Å². The summed E-state index contributed by atoms with van der Waals surface area (Å²) in [5.74, 6) is 0. The van der Waals surface area contributed by atoms with Crippen LogP contribution in [0.1, 0.15) is 5.56 Å². The first-order chi connectivity index (χ1) is 6.13. The van der Waals surface area contributed by atoms with E-state index in [1.165, 1.54) is 0 Å². The smallest absolute Gasteiger partial charge is 0.138 e. The number of benzene rings is 1. The Morgan fingerprint density at radius 1 is 1.54 bits per heavy atom. The molecule has 70 valence electrons. The molecule has 0 heterocycles. The van der Waals surface area contributed by atoms with Crippen molar-refractivity contribution >= 4 is 45.4 Å². The highest BCUT2D eigenvalue weighted by Gasteiger charge is 2.07.